The van der Waals surface area contributed by atoms with Crippen LogP contribution in [0.3, 0.4) is 0 Å². The molecule has 0 heterocycles. The highest BCUT2D eigenvalue weighted by molar-refractivity contribution is 7.99. The fraction of sp³-hybridized carbons (Fsp3) is 0.310. The van der Waals surface area contributed by atoms with Gasteiger partial charge in [-0.2, -0.15) is 0 Å². The Bertz CT molecular complexity index is 1050. The Morgan fingerprint density at radius 3 is 2.17 bits per heavy atom. The van der Waals surface area contributed by atoms with Gasteiger partial charge >= 0.3 is 0 Å². The topological polar surface area (TPSA) is 49.4 Å². The monoisotopic (exact) mass is 508 g/mol. The van der Waals surface area contributed by atoms with Crippen LogP contribution in [0.1, 0.15) is 37.3 Å². The predicted molar refractivity (Wildman–Crippen MR) is 146 cm³/mol. The summed E-state index contributed by atoms with van der Waals surface area (Å²) in [7, 11) is 0. The van der Waals surface area contributed by atoms with E-state index in [9.17, 15) is 9.59 Å². The summed E-state index contributed by atoms with van der Waals surface area (Å²) in [4.78, 5) is 29.8. The molecule has 0 radical (unpaired) electrons. The molecule has 1 N–H and O–H groups in total. The van der Waals surface area contributed by atoms with E-state index in [2.05, 4.69) is 12.2 Å². The number of hydrogen-bond donors (Lipinski definition) is 1. The lowest BCUT2D eigenvalue weighted by Crippen LogP contribution is -2.50. The minimum atomic E-state index is -0.581. The predicted octanol–water partition coefficient (Wildman–Crippen LogP) is 6.38. The number of rotatable bonds is 13. The zero-order valence-corrected chi connectivity index (χ0v) is 21.7. The normalized spacial score (nSPS) is 11.6. The minimum absolute atomic E-state index is 0.0260. The lowest BCUT2D eigenvalue weighted by Gasteiger charge is -2.31. The first kappa shape index (κ1) is 26.8. The van der Waals surface area contributed by atoms with E-state index in [1.165, 1.54) is 0 Å². The van der Waals surface area contributed by atoms with Gasteiger partial charge in [0.1, 0.15) is 6.04 Å². The molecule has 0 bridgehead atoms. The van der Waals surface area contributed by atoms with E-state index in [0.717, 1.165) is 28.9 Å². The van der Waals surface area contributed by atoms with Crippen molar-refractivity contribution in [3.8, 4) is 0 Å². The van der Waals surface area contributed by atoms with E-state index in [1.54, 1.807) is 16.7 Å². The van der Waals surface area contributed by atoms with Crippen molar-refractivity contribution in [2.24, 2.45) is 0 Å². The van der Waals surface area contributed by atoms with Gasteiger partial charge in [0, 0.05) is 41.6 Å². The number of carbonyl (C=O) groups excluding carboxylic acids is 2. The van der Waals surface area contributed by atoms with Gasteiger partial charge in [0.25, 0.3) is 0 Å². The number of carbonyl (C=O) groups is 2. The van der Waals surface area contributed by atoms with Crippen LogP contribution in [0.4, 0.5) is 0 Å². The molecule has 0 saturated carbocycles. The maximum atomic E-state index is 13.6. The molecule has 0 unspecified atom stereocenters. The highest BCUT2D eigenvalue weighted by atomic mass is 35.5. The number of nitrogens with zero attached hydrogens (tertiary/aromatic N) is 1. The molecule has 184 valence electrons. The van der Waals surface area contributed by atoms with Crippen molar-refractivity contribution in [1.29, 1.82) is 0 Å². The molecular weight excluding hydrogens is 476 g/mol. The van der Waals surface area contributed by atoms with Crippen molar-refractivity contribution in [2.45, 2.75) is 50.1 Å². The van der Waals surface area contributed by atoms with E-state index in [-0.39, 0.29) is 11.8 Å². The van der Waals surface area contributed by atoms with Crippen LogP contribution in [-0.4, -0.2) is 35.1 Å². The van der Waals surface area contributed by atoms with Crippen molar-refractivity contribution < 1.29 is 9.59 Å². The van der Waals surface area contributed by atoms with Crippen LogP contribution < -0.4 is 5.32 Å². The molecular formula is C29H33ClN2O2S. The third-order valence-corrected chi connectivity index (χ3v) is 6.96. The molecule has 0 aromatic heterocycles. The molecule has 0 aliphatic heterocycles. The third-order valence-electron chi connectivity index (χ3n) is 5.69. The Labute approximate surface area is 218 Å². The van der Waals surface area contributed by atoms with Crippen molar-refractivity contribution in [3.63, 3.8) is 0 Å². The SMILES string of the molecule is CCCCNC(=O)[C@@H](Cc1ccccc1)N(Cc1ccccc1)C(=O)CCSc1ccc(Cl)cc1. The second-order valence-electron chi connectivity index (χ2n) is 8.41. The Morgan fingerprint density at radius 1 is 0.914 bits per heavy atom. The van der Waals surface area contributed by atoms with Crippen LogP contribution in [0.5, 0.6) is 0 Å². The molecule has 0 fully saturated rings. The smallest absolute Gasteiger partial charge is 0.243 e. The van der Waals surface area contributed by atoms with Crippen LogP contribution in [0, 0.1) is 0 Å². The van der Waals surface area contributed by atoms with Gasteiger partial charge in [-0.3, -0.25) is 9.59 Å². The van der Waals surface area contributed by atoms with E-state index in [1.807, 2.05) is 84.9 Å². The molecule has 3 aromatic rings. The molecule has 3 rings (SSSR count). The molecule has 1 atom stereocenters. The first-order chi connectivity index (χ1) is 17.1. The van der Waals surface area contributed by atoms with E-state index in [4.69, 9.17) is 11.6 Å². The van der Waals surface area contributed by atoms with Gasteiger partial charge in [-0.05, 0) is 41.8 Å². The zero-order chi connectivity index (χ0) is 24.9. The number of hydrogen-bond acceptors (Lipinski definition) is 3. The molecule has 6 heteroatoms. The molecule has 0 spiro atoms. The molecule has 3 aromatic carbocycles. The Kier molecular flexibility index (Phi) is 11.2. The van der Waals surface area contributed by atoms with Crippen LogP contribution in [0.2, 0.25) is 5.02 Å². The lowest BCUT2D eigenvalue weighted by atomic mass is 10.0. The summed E-state index contributed by atoms with van der Waals surface area (Å²) in [6.45, 7) is 3.10. The second kappa shape index (κ2) is 14.6. The van der Waals surface area contributed by atoms with E-state index >= 15 is 0 Å². The fourth-order valence-corrected chi connectivity index (χ4v) is 4.74. The summed E-state index contributed by atoms with van der Waals surface area (Å²) in [5.41, 5.74) is 2.04. The Hall–Kier alpha value is -2.76. The van der Waals surface area contributed by atoms with Crippen LogP contribution in [0.15, 0.2) is 89.8 Å². The highest BCUT2D eigenvalue weighted by Crippen LogP contribution is 2.22. The van der Waals surface area contributed by atoms with Gasteiger partial charge < -0.3 is 10.2 Å². The number of nitrogens with one attached hydrogen (secondary N) is 1. The van der Waals surface area contributed by atoms with Crippen molar-refractivity contribution >= 4 is 35.2 Å². The van der Waals surface area contributed by atoms with E-state index in [0.29, 0.717) is 36.7 Å². The number of unbranched alkanes of at least 4 members (excludes halogenated alkanes) is 1. The zero-order valence-electron chi connectivity index (χ0n) is 20.2. The van der Waals surface area contributed by atoms with Crippen molar-refractivity contribution in [1.82, 2.24) is 10.2 Å². The molecule has 4 nitrogen and oxygen atoms in total. The van der Waals surface area contributed by atoms with Crippen molar-refractivity contribution in [2.75, 3.05) is 12.3 Å². The first-order valence-electron chi connectivity index (χ1n) is 12.1. The van der Waals surface area contributed by atoms with Crippen LogP contribution >= 0.6 is 23.4 Å². The second-order valence-corrected chi connectivity index (χ2v) is 10.0. The summed E-state index contributed by atoms with van der Waals surface area (Å²) < 4.78 is 0. The fourth-order valence-electron chi connectivity index (χ4n) is 3.77. The van der Waals surface area contributed by atoms with E-state index < -0.39 is 6.04 Å². The molecule has 35 heavy (non-hydrogen) atoms. The number of benzene rings is 3. The third kappa shape index (κ3) is 9.08. The van der Waals surface area contributed by atoms with Gasteiger partial charge in [-0.15, -0.1) is 11.8 Å². The molecule has 0 aliphatic carbocycles. The maximum Gasteiger partial charge on any atom is 0.243 e. The summed E-state index contributed by atoms with van der Waals surface area (Å²) in [5.74, 6) is 0.500. The first-order valence-corrected chi connectivity index (χ1v) is 13.5. The maximum absolute atomic E-state index is 13.6. The lowest BCUT2D eigenvalue weighted by molar-refractivity contribution is -0.141. The summed E-state index contributed by atoms with van der Waals surface area (Å²) in [5, 5.41) is 3.75. The molecule has 0 saturated heterocycles. The summed E-state index contributed by atoms with van der Waals surface area (Å²) >= 11 is 7.60. The summed E-state index contributed by atoms with van der Waals surface area (Å²) in [6, 6.07) is 26.8. The van der Waals surface area contributed by atoms with Gasteiger partial charge in [0.05, 0.1) is 0 Å². The van der Waals surface area contributed by atoms with Gasteiger partial charge in [-0.25, -0.2) is 0 Å². The van der Waals surface area contributed by atoms with Crippen LogP contribution in [-0.2, 0) is 22.6 Å². The Morgan fingerprint density at radius 2 is 1.54 bits per heavy atom. The largest absolute Gasteiger partial charge is 0.354 e. The number of thioether (sulfide) groups is 1. The van der Waals surface area contributed by atoms with Crippen LogP contribution in [0.25, 0.3) is 0 Å². The molecule has 2 amide bonds. The van der Waals surface area contributed by atoms with Gasteiger partial charge in [0.2, 0.25) is 11.8 Å². The minimum Gasteiger partial charge on any atom is -0.354 e. The average molecular weight is 509 g/mol. The van der Waals surface area contributed by atoms with Gasteiger partial charge in [-0.1, -0.05) is 85.6 Å². The number of amides is 2. The summed E-state index contributed by atoms with van der Waals surface area (Å²) in [6.07, 6.45) is 2.72. The standard InChI is InChI=1S/C29H33ClN2O2S/c1-2-3-19-31-29(34)27(21-23-10-6-4-7-11-23)32(22-24-12-8-5-9-13-24)28(33)18-20-35-26-16-14-25(30)15-17-26/h4-17,27H,2-3,18-22H2,1H3,(H,31,34)/t27-/m1/s1. The number of halogens is 1. The van der Waals surface area contributed by atoms with Gasteiger partial charge in [0.15, 0.2) is 0 Å². The average Bonchev–Trinajstić information content (AvgIpc) is 2.88. The Balaban J connectivity index is 1.79. The van der Waals surface area contributed by atoms with Crippen molar-refractivity contribution in [3.05, 3.63) is 101 Å². The highest BCUT2D eigenvalue weighted by Gasteiger charge is 2.30. The molecule has 0 aliphatic rings. The quantitative estimate of drug-likeness (QED) is 0.215.